The Balaban J connectivity index is 2.08. The molecule has 1 unspecified atom stereocenters. The number of hydrogen-bond acceptors (Lipinski definition) is 4. The van der Waals surface area contributed by atoms with Crippen molar-refractivity contribution in [2.45, 2.75) is 13.0 Å². The molecule has 16 heavy (non-hydrogen) atoms. The molecule has 0 fully saturated rings. The fraction of sp³-hybridized carbons (Fsp3) is 0.182. The molecule has 0 amide bonds. The highest BCUT2D eigenvalue weighted by Gasteiger charge is 2.06. The summed E-state index contributed by atoms with van der Waals surface area (Å²) in [7, 11) is 0. The molecule has 3 nitrogen and oxygen atoms in total. The van der Waals surface area contributed by atoms with E-state index in [4.69, 9.17) is 5.73 Å². The van der Waals surface area contributed by atoms with Gasteiger partial charge in [0.25, 0.3) is 0 Å². The van der Waals surface area contributed by atoms with E-state index >= 15 is 0 Å². The van der Waals surface area contributed by atoms with E-state index in [0.29, 0.717) is 5.82 Å². The van der Waals surface area contributed by atoms with Gasteiger partial charge in [-0.15, -0.1) is 0 Å². The Labute approximate surface area is 107 Å². The maximum absolute atomic E-state index is 5.57. The second-order valence-corrected chi connectivity index (χ2v) is 5.25. The topological polar surface area (TPSA) is 50.9 Å². The largest absolute Gasteiger partial charge is 0.383 e. The van der Waals surface area contributed by atoms with Crippen LogP contribution in [0.25, 0.3) is 0 Å². The quantitative estimate of drug-likeness (QED) is 0.909. The van der Waals surface area contributed by atoms with E-state index in [0.717, 1.165) is 9.47 Å². The number of anilines is 2. The predicted molar refractivity (Wildman–Crippen MR) is 72.7 cm³/mol. The number of nitrogens with one attached hydrogen (secondary N) is 1. The van der Waals surface area contributed by atoms with Gasteiger partial charge in [-0.2, -0.15) is 4.37 Å². The van der Waals surface area contributed by atoms with E-state index in [1.807, 2.05) is 18.2 Å². The molecule has 0 radical (unpaired) electrons. The predicted octanol–water partition coefficient (Wildman–Crippen LogP) is 3.66. The van der Waals surface area contributed by atoms with Crippen LogP contribution < -0.4 is 11.1 Å². The van der Waals surface area contributed by atoms with Crippen molar-refractivity contribution in [1.82, 2.24) is 4.37 Å². The summed E-state index contributed by atoms with van der Waals surface area (Å²) in [4.78, 5) is 0. The van der Waals surface area contributed by atoms with Gasteiger partial charge in [0.1, 0.15) is 10.8 Å². The molecule has 0 bridgehead atoms. The zero-order valence-electron chi connectivity index (χ0n) is 8.77. The van der Waals surface area contributed by atoms with E-state index in [9.17, 15) is 0 Å². The van der Waals surface area contributed by atoms with E-state index in [2.05, 4.69) is 44.7 Å². The van der Waals surface area contributed by atoms with Crippen molar-refractivity contribution in [2.24, 2.45) is 0 Å². The molecule has 5 heteroatoms. The summed E-state index contributed by atoms with van der Waals surface area (Å²) in [6, 6.07) is 10.3. The molecule has 1 atom stereocenters. The fourth-order valence-electron chi connectivity index (χ4n) is 1.41. The van der Waals surface area contributed by atoms with E-state index in [1.165, 1.54) is 17.1 Å². The highest BCUT2D eigenvalue weighted by Crippen LogP contribution is 2.24. The van der Waals surface area contributed by atoms with Gasteiger partial charge in [-0.1, -0.05) is 28.1 Å². The smallest absolute Gasteiger partial charge is 0.139 e. The fourth-order valence-corrected chi connectivity index (χ4v) is 2.33. The number of hydrogen-bond donors (Lipinski definition) is 2. The monoisotopic (exact) mass is 297 g/mol. The van der Waals surface area contributed by atoms with Crippen LogP contribution in [-0.4, -0.2) is 4.37 Å². The molecule has 2 rings (SSSR count). The lowest BCUT2D eigenvalue weighted by atomic mass is 10.1. The first-order valence-corrected chi connectivity index (χ1v) is 6.46. The van der Waals surface area contributed by atoms with Crippen molar-refractivity contribution in [3.8, 4) is 0 Å². The Morgan fingerprint density at radius 3 is 2.62 bits per heavy atom. The lowest BCUT2D eigenvalue weighted by Crippen LogP contribution is -2.04. The van der Waals surface area contributed by atoms with Crippen molar-refractivity contribution in [3.63, 3.8) is 0 Å². The van der Waals surface area contributed by atoms with E-state index in [1.54, 1.807) is 0 Å². The van der Waals surface area contributed by atoms with Gasteiger partial charge in [0.05, 0.1) is 0 Å². The summed E-state index contributed by atoms with van der Waals surface area (Å²) in [5.74, 6) is 0.565. The third kappa shape index (κ3) is 2.74. The lowest BCUT2D eigenvalue weighted by Gasteiger charge is -2.13. The Bertz CT molecular complexity index is 466. The van der Waals surface area contributed by atoms with E-state index in [-0.39, 0.29) is 6.04 Å². The summed E-state index contributed by atoms with van der Waals surface area (Å²) >= 11 is 4.80. The Morgan fingerprint density at radius 1 is 1.38 bits per heavy atom. The summed E-state index contributed by atoms with van der Waals surface area (Å²) in [6.07, 6.45) is 0. The molecule has 1 aromatic carbocycles. The molecule has 0 aliphatic carbocycles. The molecule has 0 saturated carbocycles. The Kier molecular flexibility index (Phi) is 3.46. The molecule has 0 aliphatic heterocycles. The molecule has 0 aliphatic rings. The van der Waals surface area contributed by atoms with Gasteiger partial charge >= 0.3 is 0 Å². The molecule has 84 valence electrons. The highest BCUT2D eigenvalue weighted by atomic mass is 79.9. The first-order chi connectivity index (χ1) is 7.65. The average Bonchev–Trinajstić information content (AvgIpc) is 2.65. The van der Waals surface area contributed by atoms with Crippen LogP contribution in [0.3, 0.4) is 0 Å². The van der Waals surface area contributed by atoms with Crippen LogP contribution in [0, 0.1) is 0 Å². The average molecular weight is 298 g/mol. The first-order valence-electron chi connectivity index (χ1n) is 4.89. The second-order valence-electron chi connectivity index (χ2n) is 3.53. The van der Waals surface area contributed by atoms with Crippen LogP contribution in [-0.2, 0) is 0 Å². The van der Waals surface area contributed by atoms with Gasteiger partial charge < -0.3 is 11.1 Å². The number of aromatic nitrogens is 1. The minimum absolute atomic E-state index is 0.243. The van der Waals surface area contributed by atoms with Gasteiger partial charge in [0.2, 0.25) is 0 Å². The first kappa shape index (κ1) is 11.4. The van der Waals surface area contributed by atoms with Gasteiger partial charge in [-0.05, 0) is 36.2 Å². The van der Waals surface area contributed by atoms with Gasteiger partial charge in [-0.3, -0.25) is 0 Å². The highest BCUT2D eigenvalue weighted by molar-refractivity contribution is 9.10. The minimum atomic E-state index is 0.243. The van der Waals surface area contributed by atoms with Crippen LogP contribution >= 0.6 is 27.5 Å². The molecule has 0 saturated heterocycles. The summed E-state index contributed by atoms with van der Waals surface area (Å²) in [5.41, 5.74) is 6.80. The van der Waals surface area contributed by atoms with Crippen LogP contribution in [0.15, 0.2) is 34.8 Å². The van der Waals surface area contributed by atoms with Crippen LogP contribution in [0.1, 0.15) is 18.5 Å². The number of halogens is 1. The van der Waals surface area contributed by atoms with Crippen LogP contribution in [0.5, 0.6) is 0 Å². The van der Waals surface area contributed by atoms with Gasteiger partial charge in [0.15, 0.2) is 0 Å². The third-order valence-electron chi connectivity index (χ3n) is 2.26. The summed E-state index contributed by atoms with van der Waals surface area (Å²) in [6.45, 7) is 2.11. The van der Waals surface area contributed by atoms with Crippen molar-refractivity contribution >= 4 is 38.3 Å². The van der Waals surface area contributed by atoms with E-state index < -0.39 is 0 Å². The van der Waals surface area contributed by atoms with Crippen molar-refractivity contribution in [1.29, 1.82) is 0 Å². The zero-order valence-corrected chi connectivity index (χ0v) is 11.2. The Morgan fingerprint density at radius 2 is 2.06 bits per heavy atom. The molecule has 1 heterocycles. The standard InChI is InChI=1S/C11H12BrN3S/c1-7(8-2-4-9(12)5-3-8)14-11-6-10(13)15-16-11/h2-7,14H,1H3,(H2,13,15). The lowest BCUT2D eigenvalue weighted by molar-refractivity contribution is 0.889. The molecular formula is C11H12BrN3S. The number of nitrogens with two attached hydrogens (primary N) is 1. The summed E-state index contributed by atoms with van der Waals surface area (Å²) < 4.78 is 5.12. The maximum Gasteiger partial charge on any atom is 0.139 e. The second kappa shape index (κ2) is 4.84. The van der Waals surface area contributed by atoms with Crippen LogP contribution in [0.4, 0.5) is 10.8 Å². The molecule has 0 spiro atoms. The van der Waals surface area contributed by atoms with Crippen molar-refractivity contribution < 1.29 is 0 Å². The summed E-state index contributed by atoms with van der Waals surface area (Å²) in [5, 5.41) is 4.35. The normalized spacial score (nSPS) is 12.4. The van der Waals surface area contributed by atoms with Gasteiger partial charge in [0, 0.05) is 16.6 Å². The van der Waals surface area contributed by atoms with Crippen molar-refractivity contribution in [3.05, 3.63) is 40.4 Å². The Hall–Kier alpha value is -1.07. The number of rotatable bonds is 3. The minimum Gasteiger partial charge on any atom is -0.383 e. The molecule has 3 N–H and O–H groups in total. The van der Waals surface area contributed by atoms with Crippen LogP contribution in [0.2, 0.25) is 0 Å². The molecular weight excluding hydrogens is 286 g/mol. The van der Waals surface area contributed by atoms with Gasteiger partial charge in [-0.25, -0.2) is 0 Å². The SMILES string of the molecule is CC(Nc1cc(N)ns1)c1ccc(Br)cc1. The molecule has 2 aromatic rings. The van der Waals surface area contributed by atoms with Crippen molar-refractivity contribution in [2.75, 3.05) is 11.1 Å². The maximum atomic E-state index is 5.57. The zero-order chi connectivity index (χ0) is 11.5. The third-order valence-corrected chi connectivity index (χ3v) is 3.52. The molecule has 1 aromatic heterocycles. The number of nitrogen functional groups attached to an aromatic ring is 1. The number of benzene rings is 1. The number of nitrogens with zero attached hydrogens (tertiary/aromatic N) is 1.